The van der Waals surface area contributed by atoms with Crippen LogP contribution < -0.4 is 21.1 Å². The van der Waals surface area contributed by atoms with Gasteiger partial charge >= 0.3 is 6.03 Å². The summed E-state index contributed by atoms with van der Waals surface area (Å²) < 4.78 is 5.76. The molecule has 0 aliphatic carbocycles. The first kappa shape index (κ1) is 20.2. The van der Waals surface area contributed by atoms with Gasteiger partial charge in [-0.2, -0.15) is 0 Å². The van der Waals surface area contributed by atoms with Crippen LogP contribution in [0.4, 0.5) is 21.9 Å². The molecule has 0 saturated heterocycles. The number of carbonyl (C=O) groups excluding carboxylic acids is 1. The van der Waals surface area contributed by atoms with Gasteiger partial charge in [0.2, 0.25) is 0 Å². The Hall–Kier alpha value is -4.06. The summed E-state index contributed by atoms with van der Waals surface area (Å²) in [6.45, 7) is 4.16. The second kappa shape index (κ2) is 8.75. The van der Waals surface area contributed by atoms with Crippen LogP contribution in [0, 0.1) is 0 Å². The van der Waals surface area contributed by atoms with Crippen molar-refractivity contribution in [3.8, 4) is 11.5 Å². The lowest BCUT2D eigenvalue weighted by molar-refractivity contribution is 0.262. The number of urea groups is 1. The zero-order valence-electron chi connectivity index (χ0n) is 17.4. The van der Waals surface area contributed by atoms with Gasteiger partial charge in [-0.3, -0.25) is 4.98 Å². The summed E-state index contributed by atoms with van der Waals surface area (Å²) in [5.74, 6) is 1.74. The van der Waals surface area contributed by atoms with Crippen LogP contribution in [0.5, 0.6) is 11.5 Å². The lowest BCUT2D eigenvalue weighted by Crippen LogP contribution is -2.19. The van der Waals surface area contributed by atoms with E-state index in [9.17, 15) is 4.79 Å². The zero-order valence-corrected chi connectivity index (χ0v) is 17.4. The van der Waals surface area contributed by atoms with Crippen molar-refractivity contribution in [2.75, 3.05) is 16.4 Å². The molecule has 1 heterocycles. The number of hydrogen-bond acceptors (Lipinski definition) is 4. The van der Waals surface area contributed by atoms with Crippen molar-refractivity contribution >= 4 is 34.0 Å². The molecule has 0 atom stereocenters. The molecule has 4 rings (SSSR count). The normalized spacial score (nSPS) is 10.8. The fourth-order valence-electron chi connectivity index (χ4n) is 3.17. The van der Waals surface area contributed by atoms with E-state index in [-0.39, 0.29) is 6.03 Å². The second-order valence-corrected chi connectivity index (χ2v) is 7.54. The number of nitrogens with zero attached hydrogens (tertiary/aromatic N) is 1. The molecule has 0 radical (unpaired) electrons. The lowest BCUT2D eigenvalue weighted by atomic mass is 10.1. The molecular weight excluding hydrogens is 388 g/mol. The number of carbonyl (C=O) groups is 1. The molecule has 0 unspecified atom stereocenters. The van der Waals surface area contributed by atoms with Crippen LogP contribution in [-0.4, -0.2) is 11.0 Å². The molecule has 31 heavy (non-hydrogen) atoms. The first-order chi connectivity index (χ1) is 15.0. The van der Waals surface area contributed by atoms with Crippen LogP contribution in [0.3, 0.4) is 0 Å². The van der Waals surface area contributed by atoms with Gasteiger partial charge < -0.3 is 21.1 Å². The average molecular weight is 412 g/mol. The van der Waals surface area contributed by atoms with E-state index >= 15 is 0 Å². The Kier molecular flexibility index (Phi) is 5.71. The summed E-state index contributed by atoms with van der Waals surface area (Å²) in [4.78, 5) is 17.1. The second-order valence-electron chi connectivity index (χ2n) is 7.54. The highest BCUT2D eigenvalue weighted by Crippen LogP contribution is 2.27. The van der Waals surface area contributed by atoms with Crippen LogP contribution in [0.1, 0.15) is 25.5 Å². The van der Waals surface area contributed by atoms with Crippen LogP contribution in [0.2, 0.25) is 0 Å². The highest BCUT2D eigenvalue weighted by molar-refractivity contribution is 6.02. The number of nitrogens with two attached hydrogens (primary N) is 1. The summed E-state index contributed by atoms with van der Waals surface area (Å²) in [7, 11) is 0. The first-order valence-electron chi connectivity index (χ1n) is 10.1. The van der Waals surface area contributed by atoms with Gasteiger partial charge in [0.1, 0.15) is 11.5 Å². The molecular formula is C25H24N4O2. The summed E-state index contributed by atoms with van der Waals surface area (Å²) >= 11 is 0. The highest BCUT2D eigenvalue weighted by atomic mass is 16.5. The lowest BCUT2D eigenvalue weighted by Gasteiger charge is -2.12. The summed E-state index contributed by atoms with van der Waals surface area (Å²) in [6, 6.07) is 23.7. The molecule has 0 aliphatic rings. The number of aromatic nitrogens is 1. The molecule has 3 aromatic carbocycles. The molecule has 2 amide bonds. The molecule has 6 nitrogen and oxygen atoms in total. The fourth-order valence-corrected chi connectivity index (χ4v) is 3.17. The summed E-state index contributed by atoms with van der Waals surface area (Å²) in [5.41, 5.74) is 9.90. The highest BCUT2D eigenvalue weighted by Gasteiger charge is 2.09. The minimum Gasteiger partial charge on any atom is -0.457 e. The van der Waals surface area contributed by atoms with Crippen molar-refractivity contribution in [2.45, 2.75) is 19.8 Å². The molecule has 0 aliphatic heterocycles. The van der Waals surface area contributed by atoms with Crippen LogP contribution in [-0.2, 0) is 0 Å². The molecule has 0 bridgehead atoms. The number of fused-ring (bicyclic) bond motifs is 1. The van der Waals surface area contributed by atoms with Crippen LogP contribution in [0.15, 0.2) is 78.9 Å². The fraction of sp³-hybridized carbons (Fsp3) is 0.120. The maximum atomic E-state index is 12.4. The van der Waals surface area contributed by atoms with Crippen molar-refractivity contribution in [1.82, 2.24) is 4.98 Å². The third kappa shape index (κ3) is 4.93. The van der Waals surface area contributed by atoms with Crippen molar-refractivity contribution < 1.29 is 9.53 Å². The number of amides is 2. The summed E-state index contributed by atoms with van der Waals surface area (Å²) in [5, 5.41) is 6.46. The number of anilines is 3. The van der Waals surface area contributed by atoms with Crippen LogP contribution >= 0.6 is 0 Å². The van der Waals surface area contributed by atoms with Gasteiger partial charge in [0.05, 0.1) is 5.52 Å². The van der Waals surface area contributed by atoms with E-state index in [2.05, 4.69) is 29.5 Å². The number of nitrogens with one attached hydrogen (secondary N) is 2. The smallest absolute Gasteiger partial charge is 0.323 e. The number of nitrogen functional groups attached to an aromatic ring is 1. The Morgan fingerprint density at radius 1 is 0.871 bits per heavy atom. The van der Waals surface area contributed by atoms with E-state index in [1.807, 2.05) is 54.6 Å². The quantitative estimate of drug-likeness (QED) is 0.355. The van der Waals surface area contributed by atoms with E-state index in [0.29, 0.717) is 28.7 Å². The van der Waals surface area contributed by atoms with E-state index in [1.54, 1.807) is 24.3 Å². The number of ether oxygens (including phenoxy) is 1. The van der Waals surface area contributed by atoms with Crippen molar-refractivity contribution in [2.24, 2.45) is 0 Å². The molecule has 6 heteroatoms. The van der Waals surface area contributed by atoms with Gasteiger partial charge in [-0.05, 0) is 66.6 Å². The van der Waals surface area contributed by atoms with E-state index < -0.39 is 0 Å². The Labute approximate surface area is 181 Å². The van der Waals surface area contributed by atoms with Crippen LogP contribution in [0.25, 0.3) is 10.9 Å². The van der Waals surface area contributed by atoms with Gasteiger partial charge in [0.25, 0.3) is 0 Å². The molecule has 4 N–H and O–H groups in total. The van der Waals surface area contributed by atoms with Gasteiger partial charge in [-0.1, -0.05) is 32.0 Å². The standard InChI is InChI=1S/C25H24N4O2/c1-16(2)24-15-22(26)21-14-18(10-13-23(21)29-24)28-25(30)27-17-8-11-20(12-9-17)31-19-6-4-3-5-7-19/h3-16H,1-2H3,(H2,26,29)(H2,27,28,30). The molecule has 1 aromatic heterocycles. The number of hydrogen-bond donors (Lipinski definition) is 3. The maximum Gasteiger partial charge on any atom is 0.323 e. The Bertz CT molecular complexity index is 1210. The number of para-hydroxylation sites is 1. The number of benzene rings is 3. The van der Waals surface area contributed by atoms with Crippen molar-refractivity contribution in [1.29, 1.82) is 0 Å². The maximum absolute atomic E-state index is 12.4. The predicted octanol–water partition coefficient (Wildman–Crippen LogP) is 6.38. The van der Waals surface area contributed by atoms with E-state index in [1.165, 1.54) is 0 Å². The molecule has 4 aromatic rings. The van der Waals surface area contributed by atoms with E-state index in [0.717, 1.165) is 22.3 Å². The molecule has 0 fully saturated rings. The van der Waals surface area contributed by atoms with Gasteiger partial charge in [-0.15, -0.1) is 0 Å². The molecule has 0 saturated carbocycles. The zero-order chi connectivity index (χ0) is 21.8. The topological polar surface area (TPSA) is 89.3 Å². The Balaban J connectivity index is 1.42. The SMILES string of the molecule is CC(C)c1cc(N)c2cc(NC(=O)Nc3ccc(Oc4ccccc4)cc3)ccc2n1. The minimum atomic E-state index is -0.346. The molecule has 156 valence electrons. The largest absolute Gasteiger partial charge is 0.457 e. The monoisotopic (exact) mass is 412 g/mol. The predicted molar refractivity (Wildman–Crippen MR) is 126 cm³/mol. The Morgan fingerprint density at radius 3 is 2.23 bits per heavy atom. The minimum absolute atomic E-state index is 0.291. The van der Waals surface area contributed by atoms with Gasteiger partial charge in [0, 0.05) is 28.1 Å². The van der Waals surface area contributed by atoms with Gasteiger partial charge in [-0.25, -0.2) is 4.79 Å². The van der Waals surface area contributed by atoms with Crippen molar-refractivity contribution in [3.63, 3.8) is 0 Å². The van der Waals surface area contributed by atoms with E-state index in [4.69, 9.17) is 10.5 Å². The third-order valence-corrected chi connectivity index (χ3v) is 4.80. The first-order valence-corrected chi connectivity index (χ1v) is 10.1. The Morgan fingerprint density at radius 2 is 1.52 bits per heavy atom. The summed E-state index contributed by atoms with van der Waals surface area (Å²) in [6.07, 6.45) is 0. The van der Waals surface area contributed by atoms with Crippen molar-refractivity contribution in [3.05, 3.63) is 84.6 Å². The average Bonchev–Trinajstić information content (AvgIpc) is 2.76. The third-order valence-electron chi connectivity index (χ3n) is 4.80. The molecule has 0 spiro atoms. The number of pyridine rings is 1. The van der Waals surface area contributed by atoms with Gasteiger partial charge in [0.15, 0.2) is 0 Å². The number of rotatable bonds is 5.